The van der Waals surface area contributed by atoms with Gasteiger partial charge < -0.3 is 24.8 Å². The van der Waals surface area contributed by atoms with Crippen molar-refractivity contribution in [1.29, 1.82) is 0 Å². The number of likely N-dealkylation sites (tertiary alicyclic amines) is 1. The number of carbonyl (C=O) groups excluding carboxylic acids is 1. The minimum absolute atomic E-state index is 0.224. The first-order chi connectivity index (χ1) is 16.5. The number of aromatic nitrogens is 2. The number of aliphatic hydroxyl groups is 1. The smallest absolute Gasteiger partial charge is 0.337 e. The summed E-state index contributed by atoms with van der Waals surface area (Å²) < 4.78 is 13.5. The molecule has 0 radical (unpaired) electrons. The van der Waals surface area contributed by atoms with Gasteiger partial charge in [0, 0.05) is 20.1 Å². The zero-order valence-electron chi connectivity index (χ0n) is 19.6. The molecule has 1 aliphatic heterocycles. The van der Waals surface area contributed by atoms with Crippen LogP contribution in [0.25, 0.3) is 11.0 Å². The van der Waals surface area contributed by atoms with Crippen LogP contribution >= 0.6 is 0 Å². The van der Waals surface area contributed by atoms with Crippen LogP contribution in [-0.2, 0) is 7.05 Å². The van der Waals surface area contributed by atoms with Crippen molar-refractivity contribution < 1.29 is 19.4 Å². The highest BCUT2D eigenvalue weighted by molar-refractivity contribution is 5.89. The van der Waals surface area contributed by atoms with Gasteiger partial charge in [-0.1, -0.05) is 12.1 Å². The minimum atomic E-state index is -0.586. The van der Waals surface area contributed by atoms with Gasteiger partial charge in [-0.05, 0) is 68.2 Å². The molecule has 1 aromatic heterocycles. The number of hydrogen-bond acceptors (Lipinski definition) is 6. The van der Waals surface area contributed by atoms with Gasteiger partial charge in [0.05, 0.1) is 18.1 Å². The summed E-state index contributed by atoms with van der Waals surface area (Å²) in [4.78, 5) is 27.5. The highest BCUT2D eigenvalue weighted by Gasteiger charge is 2.23. The van der Waals surface area contributed by atoms with Crippen molar-refractivity contribution in [3.8, 4) is 11.5 Å². The number of piperidine rings is 1. The number of nitrogens with one attached hydrogen (secondary N) is 1. The Labute approximate surface area is 198 Å². The van der Waals surface area contributed by atoms with Gasteiger partial charge >= 0.3 is 11.7 Å². The maximum Gasteiger partial charge on any atom is 0.337 e. The molecule has 2 aromatic carbocycles. The van der Waals surface area contributed by atoms with Gasteiger partial charge in [0.25, 0.3) is 0 Å². The van der Waals surface area contributed by atoms with E-state index < -0.39 is 12.1 Å². The molecule has 9 heteroatoms. The number of methoxy groups -OCH3 is 1. The van der Waals surface area contributed by atoms with Crippen molar-refractivity contribution in [2.45, 2.75) is 18.9 Å². The number of rotatable bonds is 8. The van der Waals surface area contributed by atoms with Crippen LogP contribution in [0, 0.1) is 5.92 Å². The summed E-state index contributed by atoms with van der Waals surface area (Å²) >= 11 is 0. The van der Waals surface area contributed by atoms with Crippen molar-refractivity contribution in [3.05, 3.63) is 59.0 Å². The van der Waals surface area contributed by atoms with E-state index in [0.29, 0.717) is 30.3 Å². The van der Waals surface area contributed by atoms with Gasteiger partial charge in [0.2, 0.25) is 0 Å². The Morgan fingerprint density at radius 3 is 2.41 bits per heavy atom. The third kappa shape index (κ3) is 5.43. The fraction of sp³-hybridized carbons (Fsp3) is 0.440. The number of carbonyl (C=O) groups is 1. The molecule has 0 spiro atoms. The van der Waals surface area contributed by atoms with E-state index in [0.717, 1.165) is 37.2 Å². The van der Waals surface area contributed by atoms with E-state index in [1.165, 1.54) is 9.13 Å². The maximum atomic E-state index is 12.7. The lowest BCUT2D eigenvalue weighted by molar-refractivity contribution is 0.0552. The maximum absolute atomic E-state index is 12.7. The largest absolute Gasteiger partial charge is 0.497 e. The molecule has 9 nitrogen and oxygen atoms in total. The molecule has 34 heavy (non-hydrogen) atoms. The Kier molecular flexibility index (Phi) is 7.54. The molecule has 1 atom stereocenters. The average Bonchev–Trinajstić information content (AvgIpc) is 3.12. The first-order valence-electron chi connectivity index (χ1n) is 11.6. The molecule has 1 fully saturated rings. The van der Waals surface area contributed by atoms with E-state index >= 15 is 0 Å². The standard InChI is InChI=1S/C25H32N4O5/c1-27-22-5-3-4-6-23(22)29(25(27)32)24(31)26-15-18-11-13-28(14-12-18)16-19(30)17-34-21-9-7-20(33-2)8-10-21/h3-10,18-19,30H,11-17H2,1-2H3,(H,26,31). The first-order valence-corrected chi connectivity index (χ1v) is 11.6. The van der Waals surface area contributed by atoms with Crippen LogP contribution in [0.5, 0.6) is 11.5 Å². The third-order valence-electron chi connectivity index (χ3n) is 6.39. The number of aryl methyl sites for hydroxylation is 1. The summed E-state index contributed by atoms with van der Waals surface area (Å²) in [5.41, 5.74) is 0.984. The monoisotopic (exact) mass is 468 g/mol. The molecule has 4 rings (SSSR count). The number of hydrogen-bond donors (Lipinski definition) is 2. The Hall–Kier alpha value is -3.30. The fourth-order valence-corrected chi connectivity index (χ4v) is 4.39. The molecule has 0 aliphatic carbocycles. The van der Waals surface area contributed by atoms with Crippen LogP contribution in [0.4, 0.5) is 4.79 Å². The van der Waals surface area contributed by atoms with Crippen LogP contribution in [0.1, 0.15) is 12.8 Å². The number of β-amino-alcohol motifs (C(OH)–C–C–N with tert-alkyl or cyclic N) is 1. The van der Waals surface area contributed by atoms with Gasteiger partial charge in [0.15, 0.2) is 0 Å². The normalized spacial score (nSPS) is 15.9. The second kappa shape index (κ2) is 10.8. The van der Waals surface area contributed by atoms with E-state index in [9.17, 15) is 14.7 Å². The Morgan fingerprint density at radius 2 is 1.74 bits per heavy atom. The SMILES string of the molecule is COc1ccc(OCC(O)CN2CCC(CNC(=O)n3c(=O)n(C)c4ccccc43)CC2)cc1. The van der Waals surface area contributed by atoms with Crippen LogP contribution < -0.4 is 20.5 Å². The number of benzene rings is 2. The predicted molar refractivity (Wildman–Crippen MR) is 130 cm³/mol. The van der Waals surface area contributed by atoms with E-state index in [2.05, 4.69) is 10.2 Å². The summed E-state index contributed by atoms with van der Waals surface area (Å²) in [5, 5.41) is 13.3. The molecule has 1 amide bonds. The second-order valence-electron chi connectivity index (χ2n) is 8.74. The number of fused-ring (bicyclic) bond motifs is 1. The van der Waals surface area contributed by atoms with Crippen LogP contribution in [-0.4, -0.2) is 71.2 Å². The Morgan fingerprint density at radius 1 is 1.09 bits per heavy atom. The first kappa shape index (κ1) is 23.8. The molecular weight excluding hydrogens is 436 g/mol. The van der Waals surface area contributed by atoms with Crippen molar-refractivity contribution in [2.75, 3.05) is 39.9 Å². The molecule has 1 aliphatic rings. The van der Waals surface area contributed by atoms with Gasteiger partial charge in [-0.2, -0.15) is 0 Å². The van der Waals surface area contributed by atoms with Crippen molar-refractivity contribution >= 4 is 17.1 Å². The minimum Gasteiger partial charge on any atom is -0.497 e. The Balaban J connectivity index is 1.20. The summed E-state index contributed by atoms with van der Waals surface area (Å²) in [6.45, 7) is 2.97. The summed E-state index contributed by atoms with van der Waals surface area (Å²) in [5.74, 6) is 1.79. The number of nitrogens with zero attached hydrogens (tertiary/aromatic N) is 3. The Bertz CT molecular complexity index is 1160. The molecule has 182 valence electrons. The molecule has 0 saturated carbocycles. The van der Waals surface area contributed by atoms with Gasteiger partial charge in [-0.15, -0.1) is 0 Å². The quantitative estimate of drug-likeness (QED) is 0.525. The molecule has 3 aromatic rings. The second-order valence-corrected chi connectivity index (χ2v) is 8.74. The third-order valence-corrected chi connectivity index (χ3v) is 6.39. The van der Waals surface area contributed by atoms with E-state index in [1.807, 2.05) is 42.5 Å². The lowest BCUT2D eigenvalue weighted by Crippen LogP contribution is -2.44. The number of aliphatic hydroxyl groups excluding tert-OH is 1. The van der Waals surface area contributed by atoms with Crippen LogP contribution in [0.15, 0.2) is 53.3 Å². The number of imidazole rings is 1. The molecular formula is C25H32N4O5. The number of amides is 1. The zero-order valence-corrected chi connectivity index (χ0v) is 19.6. The predicted octanol–water partition coefficient (Wildman–Crippen LogP) is 2.06. The molecule has 1 saturated heterocycles. The molecule has 0 bridgehead atoms. The van der Waals surface area contributed by atoms with Gasteiger partial charge in [0.1, 0.15) is 24.2 Å². The fourth-order valence-electron chi connectivity index (χ4n) is 4.39. The lowest BCUT2D eigenvalue weighted by Gasteiger charge is -2.33. The summed E-state index contributed by atoms with van der Waals surface area (Å²) in [6, 6.07) is 14.2. The molecule has 2 N–H and O–H groups in total. The topological polar surface area (TPSA) is 98.0 Å². The lowest BCUT2D eigenvalue weighted by atomic mass is 9.96. The highest BCUT2D eigenvalue weighted by atomic mass is 16.5. The van der Waals surface area contributed by atoms with Crippen LogP contribution in [0.3, 0.4) is 0 Å². The number of ether oxygens (including phenoxy) is 2. The van der Waals surface area contributed by atoms with Gasteiger partial charge in [-0.3, -0.25) is 4.57 Å². The van der Waals surface area contributed by atoms with E-state index in [-0.39, 0.29) is 12.3 Å². The van der Waals surface area contributed by atoms with Gasteiger partial charge in [-0.25, -0.2) is 14.2 Å². The molecule has 1 unspecified atom stereocenters. The van der Waals surface area contributed by atoms with Crippen molar-refractivity contribution in [1.82, 2.24) is 19.4 Å². The summed E-state index contributed by atoms with van der Waals surface area (Å²) in [7, 11) is 3.28. The highest BCUT2D eigenvalue weighted by Crippen LogP contribution is 2.19. The molecule has 2 heterocycles. The van der Waals surface area contributed by atoms with Crippen LogP contribution in [0.2, 0.25) is 0 Å². The zero-order chi connectivity index (χ0) is 24.1. The van der Waals surface area contributed by atoms with E-state index in [4.69, 9.17) is 9.47 Å². The van der Waals surface area contributed by atoms with Crippen molar-refractivity contribution in [3.63, 3.8) is 0 Å². The number of para-hydroxylation sites is 2. The summed E-state index contributed by atoms with van der Waals surface area (Å²) in [6.07, 6.45) is 1.24. The average molecular weight is 469 g/mol. The van der Waals surface area contributed by atoms with E-state index in [1.54, 1.807) is 20.2 Å². The van der Waals surface area contributed by atoms with Crippen molar-refractivity contribution in [2.24, 2.45) is 13.0 Å².